The molecule has 4 nitrogen and oxygen atoms in total. The molecule has 0 atom stereocenters. The Morgan fingerprint density at radius 1 is 1.09 bits per heavy atom. The second-order valence-electron chi connectivity index (χ2n) is 5.53. The molecule has 0 radical (unpaired) electrons. The monoisotopic (exact) mass is 349 g/mol. The van der Waals surface area contributed by atoms with E-state index in [-0.39, 0.29) is 5.91 Å². The minimum absolute atomic E-state index is 0.258. The van der Waals surface area contributed by atoms with Crippen molar-refractivity contribution in [2.75, 3.05) is 23.3 Å². The average Bonchev–Trinajstić information content (AvgIpc) is 2.59. The quantitative estimate of drug-likeness (QED) is 0.878. The third-order valence-electron chi connectivity index (χ3n) is 3.87. The first-order valence-electron chi connectivity index (χ1n) is 7.61. The van der Waals surface area contributed by atoms with Crippen LogP contribution in [0.2, 0.25) is 10.0 Å². The summed E-state index contributed by atoms with van der Waals surface area (Å²) in [6.07, 6.45) is 5.25. The minimum atomic E-state index is -0.258. The molecule has 1 amide bonds. The number of nitrogens with zero attached hydrogens (tertiary/aromatic N) is 2. The van der Waals surface area contributed by atoms with Gasteiger partial charge in [-0.3, -0.25) is 4.79 Å². The molecule has 1 fully saturated rings. The maximum absolute atomic E-state index is 12.3. The van der Waals surface area contributed by atoms with Crippen molar-refractivity contribution in [2.45, 2.75) is 19.3 Å². The highest BCUT2D eigenvalue weighted by molar-refractivity contribution is 6.35. The largest absolute Gasteiger partial charge is 0.357 e. The summed E-state index contributed by atoms with van der Waals surface area (Å²) >= 11 is 12.0. The Balaban J connectivity index is 1.71. The predicted molar refractivity (Wildman–Crippen MR) is 94.7 cm³/mol. The van der Waals surface area contributed by atoms with Gasteiger partial charge in [-0.2, -0.15) is 0 Å². The van der Waals surface area contributed by atoms with E-state index in [1.807, 2.05) is 6.07 Å². The summed E-state index contributed by atoms with van der Waals surface area (Å²) in [6, 6.07) is 8.62. The number of benzene rings is 1. The molecule has 0 unspecified atom stereocenters. The van der Waals surface area contributed by atoms with E-state index in [1.165, 1.54) is 19.3 Å². The molecule has 6 heteroatoms. The summed E-state index contributed by atoms with van der Waals surface area (Å²) in [4.78, 5) is 19.0. The van der Waals surface area contributed by atoms with Crippen LogP contribution in [0.3, 0.4) is 0 Å². The SMILES string of the molecule is O=C(Nc1cc(Cl)ccc1Cl)c1ccc(N2CCCCC2)nc1. The van der Waals surface area contributed by atoms with Gasteiger partial charge in [0.2, 0.25) is 0 Å². The number of hydrogen-bond acceptors (Lipinski definition) is 3. The first-order valence-corrected chi connectivity index (χ1v) is 8.36. The maximum atomic E-state index is 12.3. The van der Waals surface area contributed by atoms with Gasteiger partial charge in [-0.15, -0.1) is 0 Å². The second kappa shape index (κ2) is 7.20. The van der Waals surface area contributed by atoms with Gasteiger partial charge < -0.3 is 10.2 Å². The minimum Gasteiger partial charge on any atom is -0.357 e. The Labute approximate surface area is 145 Å². The molecule has 1 aliphatic rings. The number of hydrogen-bond donors (Lipinski definition) is 1. The normalized spacial score (nSPS) is 14.6. The van der Waals surface area contributed by atoms with E-state index < -0.39 is 0 Å². The lowest BCUT2D eigenvalue weighted by atomic mass is 10.1. The number of amides is 1. The molecule has 1 aliphatic heterocycles. The number of carbonyl (C=O) groups is 1. The molecule has 0 bridgehead atoms. The van der Waals surface area contributed by atoms with Crippen LogP contribution < -0.4 is 10.2 Å². The molecule has 2 heterocycles. The zero-order chi connectivity index (χ0) is 16.2. The molecule has 0 spiro atoms. The summed E-state index contributed by atoms with van der Waals surface area (Å²) in [7, 11) is 0. The van der Waals surface area contributed by atoms with Gasteiger partial charge in [0.05, 0.1) is 16.3 Å². The molecule has 1 N–H and O–H groups in total. The number of carbonyl (C=O) groups excluding carboxylic acids is 1. The van der Waals surface area contributed by atoms with Gasteiger partial charge in [0.25, 0.3) is 5.91 Å². The Morgan fingerprint density at radius 3 is 2.57 bits per heavy atom. The standard InChI is InChI=1S/C17H17Cl2N3O/c18-13-5-6-14(19)15(10-13)21-17(23)12-4-7-16(20-11-12)22-8-2-1-3-9-22/h4-7,10-11H,1-3,8-9H2,(H,21,23). The van der Waals surface area contributed by atoms with E-state index in [9.17, 15) is 4.79 Å². The van der Waals surface area contributed by atoms with Crippen molar-refractivity contribution in [3.63, 3.8) is 0 Å². The van der Waals surface area contributed by atoms with E-state index in [0.29, 0.717) is 21.3 Å². The molecular weight excluding hydrogens is 333 g/mol. The number of piperidine rings is 1. The van der Waals surface area contributed by atoms with E-state index in [0.717, 1.165) is 18.9 Å². The van der Waals surface area contributed by atoms with Gasteiger partial charge in [0.15, 0.2) is 0 Å². The molecule has 23 heavy (non-hydrogen) atoms. The lowest BCUT2D eigenvalue weighted by Crippen LogP contribution is -2.30. The third kappa shape index (κ3) is 3.95. The molecule has 1 aromatic heterocycles. The first kappa shape index (κ1) is 16.1. The number of halogens is 2. The van der Waals surface area contributed by atoms with Crippen molar-refractivity contribution >= 4 is 40.6 Å². The van der Waals surface area contributed by atoms with E-state index >= 15 is 0 Å². The fourth-order valence-corrected chi connectivity index (χ4v) is 2.96. The summed E-state index contributed by atoms with van der Waals surface area (Å²) in [5.41, 5.74) is 0.978. The van der Waals surface area contributed by atoms with Crippen molar-refractivity contribution < 1.29 is 4.79 Å². The summed E-state index contributed by atoms with van der Waals surface area (Å²) in [5, 5.41) is 3.72. The molecule has 3 rings (SSSR count). The Bertz CT molecular complexity index is 697. The Morgan fingerprint density at radius 2 is 1.87 bits per heavy atom. The highest BCUT2D eigenvalue weighted by Crippen LogP contribution is 2.26. The van der Waals surface area contributed by atoms with Crippen LogP contribution in [0.25, 0.3) is 0 Å². The fourth-order valence-electron chi connectivity index (χ4n) is 2.62. The highest BCUT2D eigenvalue weighted by Gasteiger charge is 2.14. The van der Waals surface area contributed by atoms with Gasteiger partial charge in [-0.25, -0.2) is 4.98 Å². The third-order valence-corrected chi connectivity index (χ3v) is 4.43. The van der Waals surface area contributed by atoms with E-state index in [2.05, 4.69) is 15.2 Å². The van der Waals surface area contributed by atoms with Crippen LogP contribution in [-0.2, 0) is 0 Å². The smallest absolute Gasteiger partial charge is 0.257 e. The Hall–Kier alpha value is -1.78. The molecule has 2 aromatic rings. The number of anilines is 2. The van der Waals surface area contributed by atoms with Gasteiger partial charge in [0, 0.05) is 24.3 Å². The number of nitrogens with one attached hydrogen (secondary N) is 1. The van der Waals surface area contributed by atoms with Crippen LogP contribution in [0.5, 0.6) is 0 Å². The topological polar surface area (TPSA) is 45.2 Å². The van der Waals surface area contributed by atoms with Crippen molar-refractivity contribution in [2.24, 2.45) is 0 Å². The van der Waals surface area contributed by atoms with Crippen molar-refractivity contribution in [1.82, 2.24) is 4.98 Å². The van der Waals surface area contributed by atoms with Crippen molar-refractivity contribution in [3.8, 4) is 0 Å². The Kier molecular flexibility index (Phi) is 5.03. The number of pyridine rings is 1. The lowest BCUT2D eigenvalue weighted by Gasteiger charge is -2.27. The van der Waals surface area contributed by atoms with Crippen LogP contribution >= 0.6 is 23.2 Å². The molecule has 0 aliphatic carbocycles. The van der Waals surface area contributed by atoms with Crippen LogP contribution in [-0.4, -0.2) is 24.0 Å². The van der Waals surface area contributed by atoms with Gasteiger partial charge in [-0.05, 0) is 49.6 Å². The predicted octanol–water partition coefficient (Wildman–Crippen LogP) is 4.63. The summed E-state index contributed by atoms with van der Waals surface area (Å²) < 4.78 is 0. The molecule has 0 saturated carbocycles. The van der Waals surface area contributed by atoms with Gasteiger partial charge in [0.1, 0.15) is 5.82 Å². The summed E-state index contributed by atoms with van der Waals surface area (Å²) in [5.74, 6) is 0.661. The first-order chi connectivity index (χ1) is 11.1. The zero-order valence-electron chi connectivity index (χ0n) is 12.6. The maximum Gasteiger partial charge on any atom is 0.257 e. The zero-order valence-corrected chi connectivity index (χ0v) is 14.1. The molecule has 1 saturated heterocycles. The molecule has 120 valence electrons. The van der Waals surface area contributed by atoms with Crippen LogP contribution in [0.15, 0.2) is 36.5 Å². The van der Waals surface area contributed by atoms with Crippen molar-refractivity contribution in [3.05, 3.63) is 52.1 Å². The van der Waals surface area contributed by atoms with Gasteiger partial charge in [-0.1, -0.05) is 23.2 Å². The van der Waals surface area contributed by atoms with Crippen LogP contribution in [0, 0.1) is 0 Å². The van der Waals surface area contributed by atoms with Crippen molar-refractivity contribution in [1.29, 1.82) is 0 Å². The number of aromatic nitrogens is 1. The fraction of sp³-hybridized carbons (Fsp3) is 0.294. The molecule has 1 aromatic carbocycles. The average molecular weight is 350 g/mol. The van der Waals surface area contributed by atoms with E-state index in [1.54, 1.807) is 30.5 Å². The highest BCUT2D eigenvalue weighted by atomic mass is 35.5. The second-order valence-corrected chi connectivity index (χ2v) is 6.37. The number of rotatable bonds is 3. The van der Waals surface area contributed by atoms with E-state index in [4.69, 9.17) is 23.2 Å². The van der Waals surface area contributed by atoms with Crippen LogP contribution in [0.1, 0.15) is 29.6 Å². The van der Waals surface area contributed by atoms with Gasteiger partial charge >= 0.3 is 0 Å². The molecular formula is C17H17Cl2N3O. The lowest BCUT2D eigenvalue weighted by molar-refractivity contribution is 0.102. The van der Waals surface area contributed by atoms with Crippen LogP contribution in [0.4, 0.5) is 11.5 Å². The summed E-state index contributed by atoms with van der Waals surface area (Å²) in [6.45, 7) is 2.05.